The Bertz CT molecular complexity index is 537. The van der Waals surface area contributed by atoms with Crippen LogP contribution in [0.2, 0.25) is 0 Å². The monoisotopic (exact) mass is 285 g/mol. The molecular weight excluding hydrogens is 258 g/mol. The first-order chi connectivity index (χ1) is 10.0. The highest BCUT2D eigenvalue weighted by Crippen LogP contribution is 2.32. The van der Waals surface area contributed by atoms with Crippen molar-refractivity contribution in [2.24, 2.45) is 5.41 Å². The fourth-order valence-corrected chi connectivity index (χ4v) is 2.64. The van der Waals surface area contributed by atoms with Gasteiger partial charge in [-0.1, -0.05) is 51.1 Å². The van der Waals surface area contributed by atoms with Gasteiger partial charge in [0.25, 0.3) is 0 Å². The van der Waals surface area contributed by atoms with E-state index in [4.69, 9.17) is 0 Å². The summed E-state index contributed by atoms with van der Waals surface area (Å²) < 4.78 is 1.98. The topological polar surface area (TPSA) is 29.9 Å². The minimum absolute atomic E-state index is 0.189. The maximum absolute atomic E-state index is 4.33. The van der Waals surface area contributed by atoms with Crippen molar-refractivity contribution in [1.29, 1.82) is 0 Å². The maximum atomic E-state index is 4.33. The summed E-state index contributed by atoms with van der Waals surface area (Å²) in [6, 6.07) is 11.1. The number of benzene rings is 1. The van der Waals surface area contributed by atoms with Gasteiger partial charge in [-0.15, -0.1) is 0 Å². The first-order valence-electron chi connectivity index (χ1n) is 7.80. The van der Waals surface area contributed by atoms with Crippen LogP contribution in [0.3, 0.4) is 0 Å². The molecule has 0 saturated carbocycles. The second-order valence-corrected chi connectivity index (χ2v) is 6.62. The van der Waals surface area contributed by atoms with E-state index in [9.17, 15) is 0 Å². The quantitative estimate of drug-likeness (QED) is 0.874. The van der Waals surface area contributed by atoms with Crippen LogP contribution in [0.15, 0.2) is 42.7 Å². The molecule has 21 heavy (non-hydrogen) atoms. The van der Waals surface area contributed by atoms with Crippen LogP contribution in [0.4, 0.5) is 0 Å². The van der Waals surface area contributed by atoms with Crippen LogP contribution in [0, 0.1) is 5.41 Å². The van der Waals surface area contributed by atoms with E-state index in [2.05, 4.69) is 74.6 Å². The van der Waals surface area contributed by atoms with E-state index < -0.39 is 0 Å². The Balaban J connectivity index is 1.97. The lowest BCUT2D eigenvalue weighted by Crippen LogP contribution is -2.33. The van der Waals surface area contributed by atoms with Gasteiger partial charge < -0.3 is 5.32 Å². The van der Waals surface area contributed by atoms with E-state index in [1.807, 2.05) is 10.9 Å². The fraction of sp³-hybridized carbons (Fsp3) is 0.500. The molecule has 1 heterocycles. The highest BCUT2D eigenvalue weighted by atomic mass is 15.3. The zero-order valence-corrected chi connectivity index (χ0v) is 13.6. The summed E-state index contributed by atoms with van der Waals surface area (Å²) in [4.78, 5) is 0. The lowest BCUT2D eigenvalue weighted by molar-refractivity contribution is 0.274. The number of hydrogen-bond acceptors (Lipinski definition) is 2. The average Bonchev–Trinajstić information content (AvgIpc) is 2.91. The minimum Gasteiger partial charge on any atom is -0.309 e. The number of rotatable bonds is 6. The van der Waals surface area contributed by atoms with Crippen LogP contribution in [0.1, 0.15) is 44.9 Å². The van der Waals surface area contributed by atoms with E-state index in [-0.39, 0.29) is 5.41 Å². The van der Waals surface area contributed by atoms with Crippen LogP contribution in [0.5, 0.6) is 0 Å². The number of nitrogens with one attached hydrogen (secondary N) is 1. The molecule has 0 saturated heterocycles. The van der Waals surface area contributed by atoms with Gasteiger partial charge in [-0.05, 0) is 36.4 Å². The molecule has 0 amide bonds. The zero-order valence-electron chi connectivity index (χ0n) is 13.6. The molecule has 0 aliphatic heterocycles. The lowest BCUT2D eigenvalue weighted by atomic mass is 9.82. The van der Waals surface area contributed by atoms with E-state index >= 15 is 0 Å². The van der Waals surface area contributed by atoms with Crippen LogP contribution in [0.25, 0.3) is 0 Å². The molecule has 0 fully saturated rings. The lowest BCUT2D eigenvalue weighted by Gasteiger charge is -2.32. The normalized spacial score (nSPS) is 13.3. The number of hydrogen-bond donors (Lipinski definition) is 1. The van der Waals surface area contributed by atoms with Crippen LogP contribution in [-0.2, 0) is 13.0 Å². The molecule has 0 unspecified atom stereocenters. The Hall–Kier alpha value is -1.61. The molecular formula is C18H27N3. The van der Waals surface area contributed by atoms with Crippen molar-refractivity contribution in [3.63, 3.8) is 0 Å². The molecule has 3 nitrogen and oxygen atoms in total. The highest BCUT2D eigenvalue weighted by molar-refractivity contribution is 5.20. The third kappa shape index (κ3) is 4.43. The summed E-state index contributed by atoms with van der Waals surface area (Å²) in [5.74, 6) is 0. The largest absolute Gasteiger partial charge is 0.309 e. The van der Waals surface area contributed by atoms with Gasteiger partial charge in [0.05, 0.1) is 6.20 Å². The summed E-state index contributed by atoms with van der Waals surface area (Å²) in [6.07, 6.45) is 5.12. The summed E-state index contributed by atoms with van der Waals surface area (Å²) in [7, 11) is 0. The standard InChI is InChI=1S/C18H27N3/c1-5-21-14-15(13-20-21)11-12-19-17(18(2,3)4)16-9-7-6-8-10-16/h6-10,13-14,17,19H,5,11-12H2,1-4H3/t17-/m0/s1. The van der Waals surface area contributed by atoms with Crippen LogP contribution in [-0.4, -0.2) is 16.3 Å². The smallest absolute Gasteiger partial charge is 0.0522 e. The zero-order chi connectivity index (χ0) is 15.3. The second-order valence-electron chi connectivity index (χ2n) is 6.62. The second kappa shape index (κ2) is 6.90. The first-order valence-corrected chi connectivity index (χ1v) is 7.80. The maximum Gasteiger partial charge on any atom is 0.0522 e. The minimum atomic E-state index is 0.189. The van der Waals surface area contributed by atoms with E-state index in [1.165, 1.54) is 11.1 Å². The van der Waals surface area contributed by atoms with Crippen molar-refractivity contribution in [1.82, 2.24) is 15.1 Å². The van der Waals surface area contributed by atoms with Gasteiger partial charge in [-0.3, -0.25) is 4.68 Å². The molecule has 0 radical (unpaired) electrons. The van der Waals surface area contributed by atoms with Gasteiger partial charge >= 0.3 is 0 Å². The molecule has 0 bridgehead atoms. The molecule has 1 aromatic heterocycles. The van der Waals surface area contributed by atoms with Crippen molar-refractivity contribution in [3.8, 4) is 0 Å². The van der Waals surface area contributed by atoms with Gasteiger partial charge in [0, 0.05) is 18.8 Å². The Morgan fingerprint density at radius 1 is 1.19 bits per heavy atom. The van der Waals surface area contributed by atoms with E-state index in [0.29, 0.717) is 6.04 Å². The Morgan fingerprint density at radius 2 is 1.90 bits per heavy atom. The van der Waals surface area contributed by atoms with E-state index in [0.717, 1.165) is 19.5 Å². The molecule has 2 aromatic rings. The van der Waals surface area contributed by atoms with Crippen LogP contribution < -0.4 is 5.32 Å². The molecule has 0 aliphatic rings. The van der Waals surface area contributed by atoms with Crippen molar-refractivity contribution >= 4 is 0 Å². The molecule has 2 rings (SSSR count). The van der Waals surface area contributed by atoms with Gasteiger partial charge in [-0.2, -0.15) is 5.10 Å². The van der Waals surface area contributed by atoms with Gasteiger partial charge in [0.15, 0.2) is 0 Å². The summed E-state index contributed by atoms with van der Waals surface area (Å²) in [5.41, 5.74) is 2.84. The van der Waals surface area contributed by atoms with Gasteiger partial charge in [0.2, 0.25) is 0 Å². The summed E-state index contributed by atoms with van der Waals surface area (Å²) in [6.45, 7) is 10.9. The van der Waals surface area contributed by atoms with Crippen molar-refractivity contribution in [2.45, 2.75) is 46.7 Å². The van der Waals surface area contributed by atoms with Gasteiger partial charge in [-0.25, -0.2) is 0 Å². The van der Waals surface area contributed by atoms with Crippen molar-refractivity contribution in [2.75, 3.05) is 6.54 Å². The molecule has 0 aliphatic carbocycles. The molecule has 114 valence electrons. The third-order valence-electron chi connectivity index (χ3n) is 3.77. The predicted octanol–water partition coefficient (Wildman–Crippen LogP) is 3.82. The summed E-state index contributed by atoms with van der Waals surface area (Å²) in [5, 5.41) is 8.04. The van der Waals surface area contributed by atoms with Gasteiger partial charge in [0.1, 0.15) is 0 Å². The Labute approximate surface area is 128 Å². The molecule has 0 spiro atoms. The van der Waals surface area contributed by atoms with Crippen LogP contribution >= 0.6 is 0 Å². The highest BCUT2D eigenvalue weighted by Gasteiger charge is 2.25. The summed E-state index contributed by atoms with van der Waals surface area (Å²) >= 11 is 0. The number of nitrogens with zero attached hydrogens (tertiary/aromatic N) is 2. The number of aryl methyl sites for hydroxylation is 1. The third-order valence-corrected chi connectivity index (χ3v) is 3.77. The SMILES string of the molecule is CCn1cc(CCN[C@@H](c2ccccc2)C(C)(C)C)cn1. The van der Waals surface area contributed by atoms with E-state index in [1.54, 1.807) is 0 Å². The molecule has 1 N–H and O–H groups in total. The van der Waals surface area contributed by atoms with Crippen molar-refractivity contribution < 1.29 is 0 Å². The first kappa shape index (κ1) is 15.8. The fourth-order valence-electron chi connectivity index (χ4n) is 2.64. The predicted molar refractivity (Wildman–Crippen MR) is 88.2 cm³/mol. The Morgan fingerprint density at radius 3 is 2.48 bits per heavy atom. The van der Waals surface area contributed by atoms with Crippen molar-refractivity contribution in [3.05, 3.63) is 53.9 Å². The molecule has 3 heteroatoms. The molecule has 1 aromatic carbocycles. The number of aromatic nitrogens is 2. The average molecular weight is 285 g/mol. The Kier molecular flexibility index (Phi) is 5.18. The molecule has 1 atom stereocenters.